The third-order valence-corrected chi connectivity index (χ3v) is 8.05. The summed E-state index contributed by atoms with van der Waals surface area (Å²) >= 11 is 0. The molecule has 1 aliphatic rings. The van der Waals surface area contributed by atoms with Gasteiger partial charge in [-0.25, -0.2) is 0 Å². The quantitative estimate of drug-likeness (QED) is 0.0883. The molecule has 49 heavy (non-hydrogen) atoms. The summed E-state index contributed by atoms with van der Waals surface area (Å²) in [5.41, 5.74) is 5.13. The lowest BCUT2D eigenvalue weighted by molar-refractivity contribution is 0.0935. The van der Waals surface area contributed by atoms with Crippen molar-refractivity contribution in [2.24, 2.45) is 0 Å². The van der Waals surface area contributed by atoms with Crippen LogP contribution >= 0.6 is 0 Å². The molecule has 0 aromatic heterocycles. The predicted octanol–water partition coefficient (Wildman–Crippen LogP) is 4.68. The first kappa shape index (κ1) is 34.9. The van der Waals surface area contributed by atoms with Crippen molar-refractivity contribution in [2.45, 2.75) is 26.0 Å². The second kappa shape index (κ2) is 16.1. The molecule has 5 N–H and O–H groups in total. The normalized spacial score (nSPS) is 13.7. The average Bonchev–Trinajstić information content (AvgIpc) is 3.14. The van der Waals surface area contributed by atoms with Gasteiger partial charge in [0.25, 0.3) is 5.91 Å². The van der Waals surface area contributed by atoms with Crippen molar-refractivity contribution in [3.63, 3.8) is 0 Å². The predicted molar refractivity (Wildman–Crippen MR) is 183 cm³/mol. The third kappa shape index (κ3) is 7.83. The van der Waals surface area contributed by atoms with E-state index in [0.717, 1.165) is 16.7 Å². The fraction of sp³-hybridized carbons (Fsp3) is 0.270. The molecule has 4 aromatic rings. The Morgan fingerprint density at radius 2 is 1.31 bits per heavy atom. The molecule has 5 rings (SSSR count). The first-order valence-corrected chi connectivity index (χ1v) is 15.5. The SMILES string of the molecule is COc1ccc2c(c1)C(=O)NC(c1ccc(OCCOc3c(OC)cc(/C=C\c4cc(CO)c(CO)c(OC)c4)cc3OC)c(CO)c1)N2. The molecular formula is C37H40N2O10. The van der Waals surface area contributed by atoms with Gasteiger partial charge in [0.1, 0.15) is 36.6 Å². The molecule has 1 heterocycles. The first-order chi connectivity index (χ1) is 23.8. The van der Waals surface area contributed by atoms with Gasteiger partial charge >= 0.3 is 0 Å². The van der Waals surface area contributed by atoms with Crippen molar-refractivity contribution in [2.75, 3.05) is 47.0 Å². The zero-order valence-corrected chi connectivity index (χ0v) is 27.7. The van der Waals surface area contributed by atoms with E-state index in [2.05, 4.69) is 10.6 Å². The molecule has 0 spiro atoms. The maximum Gasteiger partial charge on any atom is 0.255 e. The number of benzene rings is 4. The van der Waals surface area contributed by atoms with E-state index in [0.29, 0.717) is 62.4 Å². The Morgan fingerprint density at radius 1 is 0.653 bits per heavy atom. The van der Waals surface area contributed by atoms with Gasteiger partial charge in [-0.2, -0.15) is 0 Å². The van der Waals surface area contributed by atoms with Gasteiger partial charge in [0.05, 0.1) is 53.8 Å². The van der Waals surface area contributed by atoms with Gasteiger partial charge in [-0.3, -0.25) is 4.79 Å². The maximum absolute atomic E-state index is 12.8. The largest absolute Gasteiger partial charge is 0.497 e. The van der Waals surface area contributed by atoms with Crippen LogP contribution in [0.3, 0.4) is 0 Å². The topological polar surface area (TPSA) is 157 Å². The molecule has 1 amide bonds. The Labute approximate surface area is 284 Å². The number of carbonyl (C=O) groups is 1. The molecule has 12 nitrogen and oxygen atoms in total. The molecule has 0 fully saturated rings. The first-order valence-electron chi connectivity index (χ1n) is 15.5. The number of amides is 1. The summed E-state index contributed by atoms with van der Waals surface area (Å²) in [5.74, 6) is 2.62. The number of rotatable bonds is 15. The van der Waals surface area contributed by atoms with E-state index in [4.69, 9.17) is 28.4 Å². The highest BCUT2D eigenvalue weighted by Gasteiger charge is 2.26. The highest BCUT2D eigenvalue weighted by atomic mass is 16.6. The van der Waals surface area contributed by atoms with Gasteiger partial charge in [-0.15, -0.1) is 0 Å². The van der Waals surface area contributed by atoms with Crippen LogP contribution in [0.4, 0.5) is 5.69 Å². The van der Waals surface area contributed by atoms with Crippen LogP contribution in [-0.4, -0.2) is 62.9 Å². The van der Waals surface area contributed by atoms with E-state index in [1.807, 2.05) is 18.2 Å². The zero-order valence-electron chi connectivity index (χ0n) is 27.7. The molecule has 4 aromatic carbocycles. The highest BCUT2D eigenvalue weighted by molar-refractivity contribution is 6.02. The van der Waals surface area contributed by atoms with Gasteiger partial charge in [-0.05, 0) is 76.9 Å². The Bertz CT molecular complexity index is 1770. The van der Waals surface area contributed by atoms with Gasteiger partial charge in [0, 0.05) is 16.8 Å². The number of carbonyl (C=O) groups excluding carboxylic acids is 1. The number of hydrogen-bond donors (Lipinski definition) is 5. The lowest BCUT2D eigenvalue weighted by Gasteiger charge is -2.29. The standard InChI is InChI=1S/C37H40N2O10/c1-44-27-8-9-30-28(18-27)37(43)39-36(38-30)24-7-10-31(26(17-24)20-41)48-11-12-49-35-33(46-3)15-23(16-34(35)47-4)6-5-22-13-25(19-40)29(21-42)32(14-22)45-2/h5-10,13-18,36,38,40-42H,11-12,19-21H2,1-4H3,(H,39,43)/b6-5-. The fourth-order valence-electron chi connectivity index (χ4n) is 5.53. The Balaban J connectivity index is 1.24. The van der Waals surface area contributed by atoms with Crippen molar-refractivity contribution < 1.29 is 48.5 Å². The molecule has 1 atom stereocenters. The van der Waals surface area contributed by atoms with Gasteiger partial charge in [0.2, 0.25) is 5.75 Å². The van der Waals surface area contributed by atoms with E-state index in [9.17, 15) is 20.1 Å². The lowest BCUT2D eigenvalue weighted by Crippen LogP contribution is -2.38. The number of aliphatic hydroxyl groups excluding tert-OH is 3. The van der Waals surface area contributed by atoms with Gasteiger partial charge in [-0.1, -0.05) is 18.2 Å². The minimum atomic E-state index is -0.499. The summed E-state index contributed by atoms with van der Waals surface area (Å²) < 4.78 is 33.8. The minimum Gasteiger partial charge on any atom is -0.497 e. The second-order valence-electron chi connectivity index (χ2n) is 10.9. The average molecular weight is 673 g/mol. The third-order valence-electron chi connectivity index (χ3n) is 8.05. The highest BCUT2D eigenvalue weighted by Crippen LogP contribution is 2.39. The summed E-state index contributed by atoms with van der Waals surface area (Å²) in [4.78, 5) is 12.8. The number of anilines is 1. The maximum atomic E-state index is 12.8. The molecule has 1 unspecified atom stereocenters. The van der Waals surface area contributed by atoms with E-state index in [-0.39, 0.29) is 38.9 Å². The monoisotopic (exact) mass is 672 g/mol. The van der Waals surface area contributed by atoms with Crippen LogP contribution in [0.25, 0.3) is 12.2 Å². The molecule has 0 radical (unpaired) electrons. The Hall–Kier alpha value is -5.43. The van der Waals surface area contributed by atoms with Crippen LogP contribution < -0.4 is 39.1 Å². The van der Waals surface area contributed by atoms with Crippen LogP contribution in [-0.2, 0) is 19.8 Å². The van der Waals surface area contributed by atoms with Crippen LogP contribution in [0.15, 0.2) is 60.7 Å². The number of fused-ring (bicyclic) bond motifs is 1. The summed E-state index contributed by atoms with van der Waals surface area (Å²) in [6, 6.07) is 17.8. The molecule has 0 bridgehead atoms. The van der Waals surface area contributed by atoms with Crippen molar-refractivity contribution in [3.05, 3.63) is 99.6 Å². The van der Waals surface area contributed by atoms with Crippen LogP contribution in [0.5, 0.6) is 34.5 Å². The number of aliphatic hydroxyl groups is 3. The van der Waals surface area contributed by atoms with E-state index < -0.39 is 6.17 Å². The van der Waals surface area contributed by atoms with Gasteiger partial charge < -0.3 is 54.4 Å². The number of methoxy groups -OCH3 is 4. The second-order valence-corrected chi connectivity index (χ2v) is 10.9. The van der Waals surface area contributed by atoms with E-state index in [1.165, 1.54) is 21.3 Å². The summed E-state index contributed by atoms with van der Waals surface area (Å²) in [5, 5.41) is 35.8. The Morgan fingerprint density at radius 3 is 1.94 bits per heavy atom. The fourth-order valence-corrected chi connectivity index (χ4v) is 5.53. The van der Waals surface area contributed by atoms with Crippen molar-refractivity contribution in [1.82, 2.24) is 5.32 Å². The van der Waals surface area contributed by atoms with E-state index in [1.54, 1.807) is 61.7 Å². The number of nitrogens with one attached hydrogen (secondary N) is 2. The summed E-state index contributed by atoms with van der Waals surface area (Å²) in [7, 11) is 6.13. The zero-order chi connectivity index (χ0) is 34.9. The summed E-state index contributed by atoms with van der Waals surface area (Å²) in [6.45, 7) is -0.441. The number of hydrogen-bond acceptors (Lipinski definition) is 11. The smallest absolute Gasteiger partial charge is 0.255 e. The van der Waals surface area contributed by atoms with Crippen LogP contribution in [0.1, 0.15) is 49.9 Å². The van der Waals surface area contributed by atoms with Crippen molar-refractivity contribution in [3.8, 4) is 34.5 Å². The molecule has 0 saturated carbocycles. The number of ether oxygens (including phenoxy) is 6. The summed E-state index contributed by atoms with van der Waals surface area (Å²) in [6.07, 6.45) is 3.21. The molecule has 258 valence electrons. The van der Waals surface area contributed by atoms with Crippen molar-refractivity contribution in [1.29, 1.82) is 0 Å². The Kier molecular flexibility index (Phi) is 11.5. The molecule has 1 aliphatic heterocycles. The van der Waals surface area contributed by atoms with E-state index >= 15 is 0 Å². The molecule has 0 saturated heterocycles. The molecule has 12 heteroatoms. The van der Waals surface area contributed by atoms with Crippen LogP contribution in [0.2, 0.25) is 0 Å². The lowest BCUT2D eigenvalue weighted by atomic mass is 10.0. The molecular weight excluding hydrogens is 632 g/mol. The minimum absolute atomic E-state index is 0.149. The van der Waals surface area contributed by atoms with Crippen molar-refractivity contribution >= 4 is 23.7 Å². The molecule has 0 aliphatic carbocycles. The van der Waals surface area contributed by atoms with Crippen LogP contribution in [0, 0.1) is 0 Å². The van der Waals surface area contributed by atoms with Gasteiger partial charge in [0.15, 0.2) is 11.5 Å².